The van der Waals surface area contributed by atoms with Gasteiger partial charge in [0.05, 0.1) is 23.9 Å². The number of ether oxygens (including phenoxy) is 1. The number of benzene rings is 1. The van der Waals surface area contributed by atoms with Crippen molar-refractivity contribution in [2.75, 3.05) is 11.8 Å². The zero-order valence-electron chi connectivity index (χ0n) is 11.2. The number of aromatic nitrogens is 2. The average molecular weight is 330 g/mol. The summed E-state index contributed by atoms with van der Waals surface area (Å²) in [6.45, 7) is 0. The smallest absolute Gasteiger partial charge is 0.337 e. The van der Waals surface area contributed by atoms with Crippen LogP contribution >= 0.6 is 11.6 Å². The van der Waals surface area contributed by atoms with Crippen LogP contribution in [0.15, 0.2) is 35.5 Å². The van der Waals surface area contributed by atoms with Gasteiger partial charge in [-0.25, -0.2) is 4.79 Å². The summed E-state index contributed by atoms with van der Waals surface area (Å²) >= 11 is 5.82. The van der Waals surface area contributed by atoms with Crippen LogP contribution in [0.5, 0.6) is 0 Å². The van der Waals surface area contributed by atoms with E-state index in [1.54, 1.807) is 0 Å². The third kappa shape index (κ3) is 3.17. The summed E-state index contributed by atoms with van der Waals surface area (Å²) < 4.78 is 32.5. The Hall–Kier alpha value is -2.06. The van der Waals surface area contributed by atoms with E-state index in [2.05, 4.69) is 14.6 Å². The molecule has 0 bridgehead atoms. The molecular formula is C12H12ClN3O4S. The van der Waals surface area contributed by atoms with Crippen LogP contribution in [-0.4, -0.2) is 31.3 Å². The van der Waals surface area contributed by atoms with Gasteiger partial charge in [-0.15, -0.1) is 0 Å². The number of hydrogen-bond donors (Lipinski definition) is 1. The van der Waals surface area contributed by atoms with Crippen molar-refractivity contribution in [2.45, 2.75) is 5.03 Å². The molecule has 0 amide bonds. The first-order valence-corrected chi connectivity index (χ1v) is 7.60. The molecule has 0 spiro atoms. The molecule has 0 atom stereocenters. The van der Waals surface area contributed by atoms with Crippen molar-refractivity contribution in [1.82, 2.24) is 9.78 Å². The normalized spacial score (nSPS) is 11.2. The molecule has 0 unspecified atom stereocenters. The van der Waals surface area contributed by atoms with Crippen molar-refractivity contribution in [3.05, 3.63) is 41.0 Å². The fourth-order valence-electron chi connectivity index (χ4n) is 1.70. The van der Waals surface area contributed by atoms with Gasteiger partial charge in [0.2, 0.25) is 0 Å². The highest BCUT2D eigenvalue weighted by Crippen LogP contribution is 2.23. The second-order valence-corrected chi connectivity index (χ2v) is 6.10. The van der Waals surface area contributed by atoms with Gasteiger partial charge in [-0.1, -0.05) is 11.6 Å². The van der Waals surface area contributed by atoms with Crippen LogP contribution in [0.4, 0.5) is 5.69 Å². The zero-order chi connectivity index (χ0) is 15.6. The highest BCUT2D eigenvalue weighted by Gasteiger charge is 2.22. The molecule has 1 N–H and O–H groups in total. The molecule has 21 heavy (non-hydrogen) atoms. The van der Waals surface area contributed by atoms with E-state index < -0.39 is 16.0 Å². The predicted octanol–water partition coefficient (Wildman–Crippen LogP) is 1.66. The van der Waals surface area contributed by atoms with E-state index in [0.717, 1.165) is 4.68 Å². The molecular weight excluding hydrogens is 318 g/mol. The molecule has 9 heteroatoms. The Labute approximate surface area is 126 Å². The summed E-state index contributed by atoms with van der Waals surface area (Å²) in [5.41, 5.74) is 0.610. The molecule has 0 saturated carbocycles. The van der Waals surface area contributed by atoms with Crippen LogP contribution in [0.1, 0.15) is 10.4 Å². The highest BCUT2D eigenvalue weighted by molar-refractivity contribution is 7.92. The first kappa shape index (κ1) is 15.3. The van der Waals surface area contributed by atoms with E-state index in [-0.39, 0.29) is 10.0 Å². The molecule has 0 fully saturated rings. The molecule has 0 saturated heterocycles. The first-order chi connectivity index (χ1) is 9.85. The van der Waals surface area contributed by atoms with Crippen LogP contribution in [0.3, 0.4) is 0 Å². The van der Waals surface area contributed by atoms with Gasteiger partial charge in [-0.3, -0.25) is 9.40 Å². The Bertz CT molecular complexity index is 749. The summed E-state index contributed by atoms with van der Waals surface area (Å²) in [4.78, 5) is 11.3. The number of halogens is 1. The minimum Gasteiger partial charge on any atom is -0.465 e. The molecule has 0 radical (unpaired) electrons. The van der Waals surface area contributed by atoms with Gasteiger partial charge in [0, 0.05) is 12.7 Å². The second-order valence-electron chi connectivity index (χ2n) is 4.10. The Morgan fingerprint density at radius 2 is 1.95 bits per heavy atom. The number of methoxy groups -OCH3 is 1. The molecule has 7 nitrogen and oxygen atoms in total. The first-order valence-electron chi connectivity index (χ1n) is 5.74. The third-order valence-electron chi connectivity index (χ3n) is 2.66. The zero-order valence-corrected chi connectivity index (χ0v) is 12.8. The quantitative estimate of drug-likeness (QED) is 0.861. The Morgan fingerprint density at radius 3 is 2.43 bits per heavy atom. The second kappa shape index (κ2) is 5.74. The van der Waals surface area contributed by atoms with Crippen LogP contribution < -0.4 is 4.72 Å². The monoisotopic (exact) mass is 329 g/mol. The van der Waals surface area contributed by atoms with Crippen LogP contribution in [0.2, 0.25) is 5.02 Å². The maximum Gasteiger partial charge on any atom is 0.337 e. The standard InChI is InChI=1S/C12H12ClN3O4S/c1-16-11(10(13)7-14-16)21(18,19)15-9-5-3-8(4-6-9)12(17)20-2/h3-7,15H,1-2H3. The number of aryl methyl sites for hydroxylation is 1. The Morgan fingerprint density at radius 1 is 1.33 bits per heavy atom. The largest absolute Gasteiger partial charge is 0.465 e. The van der Waals surface area contributed by atoms with E-state index in [1.165, 1.54) is 44.6 Å². The number of rotatable bonds is 4. The van der Waals surface area contributed by atoms with Gasteiger partial charge in [0.25, 0.3) is 10.0 Å². The Balaban J connectivity index is 2.27. The number of nitrogens with one attached hydrogen (secondary N) is 1. The molecule has 1 aromatic carbocycles. The Kier molecular flexibility index (Phi) is 4.19. The summed E-state index contributed by atoms with van der Waals surface area (Å²) in [6.07, 6.45) is 1.25. The molecule has 112 valence electrons. The molecule has 0 aliphatic carbocycles. The summed E-state index contributed by atoms with van der Waals surface area (Å²) in [5, 5.41) is 3.66. The number of nitrogens with zero attached hydrogens (tertiary/aromatic N) is 2. The lowest BCUT2D eigenvalue weighted by Gasteiger charge is -2.09. The van der Waals surface area contributed by atoms with Crippen molar-refractivity contribution < 1.29 is 17.9 Å². The van der Waals surface area contributed by atoms with E-state index >= 15 is 0 Å². The maximum atomic E-state index is 12.2. The highest BCUT2D eigenvalue weighted by atomic mass is 35.5. The fraction of sp³-hybridized carbons (Fsp3) is 0.167. The molecule has 1 heterocycles. The minimum absolute atomic E-state index is 0.0242. The SMILES string of the molecule is COC(=O)c1ccc(NS(=O)(=O)c2c(Cl)cnn2C)cc1. The van der Waals surface area contributed by atoms with Gasteiger partial charge in [0.15, 0.2) is 5.03 Å². The van der Waals surface area contributed by atoms with Crippen LogP contribution in [0.25, 0.3) is 0 Å². The molecule has 1 aromatic heterocycles. The van der Waals surface area contributed by atoms with Crippen molar-refractivity contribution >= 4 is 33.3 Å². The topological polar surface area (TPSA) is 90.3 Å². The average Bonchev–Trinajstić information content (AvgIpc) is 2.78. The van der Waals surface area contributed by atoms with Crippen molar-refractivity contribution in [3.63, 3.8) is 0 Å². The van der Waals surface area contributed by atoms with Gasteiger partial charge in [-0.05, 0) is 24.3 Å². The number of carbonyl (C=O) groups is 1. The lowest BCUT2D eigenvalue weighted by atomic mass is 10.2. The van der Waals surface area contributed by atoms with Crippen molar-refractivity contribution in [2.24, 2.45) is 7.05 Å². The number of hydrogen-bond acceptors (Lipinski definition) is 5. The number of carbonyl (C=O) groups excluding carboxylic acids is 1. The molecule has 0 aliphatic heterocycles. The third-order valence-corrected chi connectivity index (χ3v) is 4.54. The molecule has 2 rings (SSSR count). The van der Waals surface area contributed by atoms with Crippen LogP contribution in [-0.2, 0) is 21.8 Å². The molecule has 2 aromatic rings. The van der Waals surface area contributed by atoms with Gasteiger partial charge < -0.3 is 4.74 Å². The minimum atomic E-state index is -3.87. The van der Waals surface area contributed by atoms with E-state index in [1.807, 2.05) is 0 Å². The summed E-state index contributed by atoms with van der Waals surface area (Å²) in [7, 11) is -1.13. The van der Waals surface area contributed by atoms with E-state index in [4.69, 9.17) is 11.6 Å². The van der Waals surface area contributed by atoms with Gasteiger partial charge in [0.1, 0.15) is 0 Å². The van der Waals surface area contributed by atoms with E-state index in [9.17, 15) is 13.2 Å². The summed E-state index contributed by atoms with van der Waals surface area (Å²) in [6, 6.07) is 5.81. The number of esters is 1. The van der Waals surface area contributed by atoms with Crippen molar-refractivity contribution in [1.29, 1.82) is 0 Å². The van der Waals surface area contributed by atoms with Gasteiger partial charge >= 0.3 is 5.97 Å². The predicted molar refractivity (Wildman–Crippen MR) is 76.8 cm³/mol. The lowest BCUT2D eigenvalue weighted by molar-refractivity contribution is 0.0601. The maximum absolute atomic E-state index is 12.2. The fourth-order valence-corrected chi connectivity index (χ4v) is 3.42. The summed E-state index contributed by atoms with van der Waals surface area (Å²) in [5.74, 6) is -0.501. The number of sulfonamides is 1. The van der Waals surface area contributed by atoms with E-state index in [0.29, 0.717) is 11.3 Å². The van der Waals surface area contributed by atoms with Crippen LogP contribution in [0, 0.1) is 0 Å². The lowest BCUT2D eigenvalue weighted by Crippen LogP contribution is -2.17. The molecule has 0 aliphatic rings. The van der Waals surface area contributed by atoms with Crippen molar-refractivity contribution in [3.8, 4) is 0 Å². The number of anilines is 1. The van der Waals surface area contributed by atoms with Gasteiger partial charge in [-0.2, -0.15) is 13.5 Å².